The first-order chi connectivity index (χ1) is 11.5. The van der Waals surface area contributed by atoms with E-state index >= 15 is 0 Å². The van der Waals surface area contributed by atoms with E-state index in [1.807, 2.05) is 0 Å². The third-order valence-electron chi connectivity index (χ3n) is 7.15. The van der Waals surface area contributed by atoms with Gasteiger partial charge in [0.25, 0.3) is 0 Å². The molecule has 1 aliphatic rings. The molecule has 0 aromatic heterocycles. The number of hydrogen-bond donors (Lipinski definition) is 2. The highest BCUT2D eigenvalue weighted by Gasteiger charge is 2.49. The summed E-state index contributed by atoms with van der Waals surface area (Å²) in [6.07, 6.45) is 0.879. The Bertz CT molecular complexity index is 452. The van der Waals surface area contributed by atoms with Gasteiger partial charge in [0.05, 0.1) is 12.2 Å². The molecular formula is C20H44O4Si2. The van der Waals surface area contributed by atoms with Crippen LogP contribution in [0.5, 0.6) is 0 Å². The zero-order valence-corrected chi connectivity index (χ0v) is 20.8. The van der Waals surface area contributed by atoms with Crippen molar-refractivity contribution in [1.29, 1.82) is 0 Å². The molecular weight excluding hydrogens is 360 g/mol. The van der Waals surface area contributed by atoms with Gasteiger partial charge >= 0.3 is 0 Å². The van der Waals surface area contributed by atoms with Gasteiger partial charge in [-0.05, 0) is 55.0 Å². The molecule has 0 saturated heterocycles. The summed E-state index contributed by atoms with van der Waals surface area (Å²) in [5, 5.41) is 20.4. The van der Waals surface area contributed by atoms with Crippen molar-refractivity contribution in [2.45, 2.75) is 103 Å². The van der Waals surface area contributed by atoms with E-state index in [0.717, 1.165) is 0 Å². The van der Waals surface area contributed by atoms with Gasteiger partial charge in [-0.3, -0.25) is 0 Å². The lowest BCUT2D eigenvalue weighted by molar-refractivity contribution is 0.0627. The van der Waals surface area contributed by atoms with E-state index in [-0.39, 0.29) is 34.6 Å². The summed E-state index contributed by atoms with van der Waals surface area (Å²) in [5.41, 5.74) is 0. The first-order valence-corrected chi connectivity index (χ1v) is 16.0. The lowest BCUT2D eigenvalue weighted by Crippen LogP contribution is -2.47. The predicted molar refractivity (Wildman–Crippen MR) is 115 cm³/mol. The summed E-state index contributed by atoms with van der Waals surface area (Å²) in [4.78, 5) is 0. The Hall–Kier alpha value is 0.274. The van der Waals surface area contributed by atoms with Crippen molar-refractivity contribution in [1.82, 2.24) is 0 Å². The molecule has 1 aliphatic carbocycles. The Balaban J connectivity index is 2.98. The molecule has 1 rings (SSSR count). The van der Waals surface area contributed by atoms with Crippen molar-refractivity contribution in [3.05, 3.63) is 0 Å². The van der Waals surface area contributed by atoms with Crippen molar-refractivity contribution < 1.29 is 19.1 Å². The average Bonchev–Trinajstić information content (AvgIpc) is 2.70. The summed E-state index contributed by atoms with van der Waals surface area (Å²) in [7, 11) is -3.78. The molecule has 0 bridgehead atoms. The van der Waals surface area contributed by atoms with Gasteiger partial charge in [0.15, 0.2) is 16.6 Å². The van der Waals surface area contributed by atoms with Gasteiger partial charge in [-0.1, -0.05) is 41.5 Å². The van der Waals surface area contributed by atoms with Crippen LogP contribution in [-0.2, 0) is 8.85 Å². The second-order valence-electron chi connectivity index (χ2n) is 11.1. The first kappa shape index (κ1) is 24.3. The molecule has 6 heteroatoms. The van der Waals surface area contributed by atoms with Crippen LogP contribution in [0.1, 0.15) is 54.4 Å². The smallest absolute Gasteiger partial charge is 0.192 e. The highest BCUT2D eigenvalue weighted by molar-refractivity contribution is 6.74. The zero-order valence-electron chi connectivity index (χ0n) is 18.8. The van der Waals surface area contributed by atoms with Gasteiger partial charge in [-0.25, -0.2) is 0 Å². The van der Waals surface area contributed by atoms with E-state index in [9.17, 15) is 10.2 Å². The summed E-state index contributed by atoms with van der Waals surface area (Å²) in [6, 6.07) is 0. The molecule has 4 nitrogen and oxygen atoms in total. The second-order valence-corrected chi connectivity index (χ2v) is 20.7. The fourth-order valence-corrected chi connectivity index (χ4v) is 5.57. The Morgan fingerprint density at radius 3 is 1.81 bits per heavy atom. The highest BCUT2D eigenvalue weighted by Crippen LogP contribution is 2.44. The van der Waals surface area contributed by atoms with Gasteiger partial charge in [-0.2, -0.15) is 0 Å². The topological polar surface area (TPSA) is 58.9 Å². The van der Waals surface area contributed by atoms with Crippen LogP contribution in [0.4, 0.5) is 0 Å². The van der Waals surface area contributed by atoms with Crippen LogP contribution in [0.2, 0.25) is 36.3 Å². The third kappa shape index (κ3) is 5.64. The van der Waals surface area contributed by atoms with E-state index < -0.39 is 22.7 Å². The lowest BCUT2D eigenvalue weighted by atomic mass is 9.92. The minimum atomic E-state index is -1.92. The summed E-state index contributed by atoms with van der Waals surface area (Å²) in [6.45, 7) is 23.3. The van der Waals surface area contributed by atoms with Crippen molar-refractivity contribution in [2.75, 3.05) is 13.2 Å². The molecule has 0 aliphatic heterocycles. The second kappa shape index (κ2) is 8.33. The van der Waals surface area contributed by atoms with Gasteiger partial charge in [-0.15, -0.1) is 0 Å². The van der Waals surface area contributed by atoms with E-state index in [1.165, 1.54) is 0 Å². The standard InChI is InChI=1S/C20H44O4Si2/c1-19(2,3)25(7,8)23-14-16-15(11-12-21)17(22)13-18(16)24-26(9,10)20(4,5)6/h15-18,21-22H,11-14H2,1-10H3/t15-,16-,17+,18-/m1/s1. The Kier molecular flexibility index (Phi) is 7.79. The van der Waals surface area contributed by atoms with Crippen LogP contribution in [-0.4, -0.2) is 52.3 Å². The Morgan fingerprint density at radius 1 is 0.885 bits per heavy atom. The van der Waals surface area contributed by atoms with Crippen molar-refractivity contribution in [3.63, 3.8) is 0 Å². The monoisotopic (exact) mass is 404 g/mol. The van der Waals surface area contributed by atoms with Crippen molar-refractivity contribution in [3.8, 4) is 0 Å². The van der Waals surface area contributed by atoms with Gasteiger partial charge in [0, 0.05) is 19.1 Å². The Morgan fingerprint density at radius 2 is 1.38 bits per heavy atom. The molecule has 0 amide bonds. The normalized spacial score (nSPS) is 28.6. The van der Waals surface area contributed by atoms with Gasteiger partial charge in [0.1, 0.15) is 0 Å². The van der Waals surface area contributed by atoms with Crippen molar-refractivity contribution in [2.24, 2.45) is 11.8 Å². The quantitative estimate of drug-likeness (QED) is 0.600. The average molecular weight is 405 g/mol. The molecule has 0 heterocycles. The lowest BCUT2D eigenvalue weighted by Gasteiger charge is -2.42. The van der Waals surface area contributed by atoms with Crippen LogP contribution in [0, 0.1) is 11.8 Å². The van der Waals surface area contributed by atoms with Crippen LogP contribution < -0.4 is 0 Å². The van der Waals surface area contributed by atoms with Gasteiger partial charge < -0.3 is 19.1 Å². The molecule has 0 unspecified atom stereocenters. The third-order valence-corrected chi connectivity index (χ3v) is 16.2. The molecule has 0 radical (unpaired) electrons. The molecule has 0 spiro atoms. The fourth-order valence-electron chi connectivity index (χ4n) is 3.15. The molecule has 0 aromatic carbocycles. The van der Waals surface area contributed by atoms with Crippen LogP contribution in [0.25, 0.3) is 0 Å². The molecule has 1 saturated carbocycles. The van der Waals surface area contributed by atoms with E-state index in [4.69, 9.17) is 8.85 Å². The molecule has 2 N–H and O–H groups in total. The molecule has 0 aromatic rings. The SMILES string of the molecule is CC(C)(C)[Si](C)(C)OC[C@@H]1[C@@H](CCO)[C@@H](O)C[C@H]1O[Si](C)(C)C(C)(C)C. The Labute approximate surface area is 163 Å². The highest BCUT2D eigenvalue weighted by atomic mass is 28.4. The van der Waals surface area contributed by atoms with E-state index in [0.29, 0.717) is 19.4 Å². The number of rotatable bonds is 7. The van der Waals surface area contributed by atoms with Crippen LogP contribution in [0.3, 0.4) is 0 Å². The maximum absolute atomic E-state index is 10.6. The zero-order chi connectivity index (χ0) is 20.6. The minimum Gasteiger partial charge on any atom is -0.416 e. The predicted octanol–water partition coefficient (Wildman–Crippen LogP) is 4.78. The maximum Gasteiger partial charge on any atom is 0.192 e. The van der Waals surface area contributed by atoms with Crippen LogP contribution >= 0.6 is 0 Å². The molecule has 4 atom stereocenters. The molecule has 26 heavy (non-hydrogen) atoms. The summed E-state index contributed by atoms with van der Waals surface area (Å²) in [5.74, 6) is 0.208. The van der Waals surface area contributed by atoms with E-state index in [2.05, 4.69) is 67.7 Å². The van der Waals surface area contributed by atoms with E-state index in [1.54, 1.807) is 0 Å². The maximum atomic E-state index is 10.6. The first-order valence-electron chi connectivity index (χ1n) is 10.1. The minimum absolute atomic E-state index is 0.0206. The summed E-state index contributed by atoms with van der Waals surface area (Å²) >= 11 is 0. The number of aliphatic hydroxyl groups excluding tert-OH is 2. The molecule has 156 valence electrons. The number of hydrogen-bond acceptors (Lipinski definition) is 4. The van der Waals surface area contributed by atoms with Crippen LogP contribution in [0.15, 0.2) is 0 Å². The van der Waals surface area contributed by atoms with Gasteiger partial charge in [0.2, 0.25) is 0 Å². The van der Waals surface area contributed by atoms with Crippen molar-refractivity contribution >= 4 is 16.6 Å². The number of aliphatic hydroxyl groups is 2. The molecule has 1 fully saturated rings. The summed E-state index contributed by atoms with van der Waals surface area (Å²) < 4.78 is 13.2. The fraction of sp³-hybridized carbons (Fsp3) is 1.00. The largest absolute Gasteiger partial charge is 0.416 e.